The summed E-state index contributed by atoms with van der Waals surface area (Å²) >= 11 is 0. The van der Waals surface area contributed by atoms with Crippen molar-refractivity contribution >= 4 is 5.91 Å². The van der Waals surface area contributed by atoms with E-state index in [1.54, 1.807) is 6.92 Å². The number of alkyl halides is 3. The molecule has 1 rings (SSSR count). The van der Waals surface area contributed by atoms with Crippen LogP contribution in [0.5, 0.6) is 0 Å². The Balaban J connectivity index is 2.70. The maximum Gasteiger partial charge on any atom is 0.416 e. The molecule has 3 N–H and O–H groups in total. The van der Waals surface area contributed by atoms with Gasteiger partial charge in [0, 0.05) is 5.69 Å². The van der Waals surface area contributed by atoms with Gasteiger partial charge in [-0.25, -0.2) is 0 Å². The third-order valence-electron chi connectivity index (χ3n) is 2.13. The standard InChI is InChI=1S/C10H11F3N2O3/c1-5-2-3-6(9(18)15-5)8(17)14-4-7(16)10(11,12)13/h2-3,7,16H,4H2,1H3,(H,14,17)(H,15,18). The zero-order valence-electron chi connectivity index (χ0n) is 9.34. The molecule has 1 aromatic rings. The van der Waals surface area contributed by atoms with Crippen LogP contribution in [0, 0.1) is 6.92 Å². The second-order valence-electron chi connectivity index (χ2n) is 3.65. The van der Waals surface area contributed by atoms with Gasteiger partial charge in [-0.15, -0.1) is 0 Å². The number of aliphatic hydroxyl groups excluding tert-OH is 1. The third-order valence-corrected chi connectivity index (χ3v) is 2.13. The lowest BCUT2D eigenvalue weighted by molar-refractivity contribution is -0.201. The van der Waals surface area contributed by atoms with E-state index in [9.17, 15) is 22.8 Å². The first-order chi connectivity index (χ1) is 8.21. The van der Waals surface area contributed by atoms with Gasteiger partial charge in [-0.1, -0.05) is 0 Å². The minimum absolute atomic E-state index is 0.310. The Hall–Kier alpha value is -1.83. The van der Waals surface area contributed by atoms with Gasteiger partial charge in [0.05, 0.1) is 6.54 Å². The summed E-state index contributed by atoms with van der Waals surface area (Å²) in [5, 5.41) is 10.5. The van der Waals surface area contributed by atoms with E-state index in [4.69, 9.17) is 5.11 Å². The maximum atomic E-state index is 12.0. The molecule has 1 heterocycles. The van der Waals surface area contributed by atoms with E-state index < -0.39 is 30.3 Å². The summed E-state index contributed by atoms with van der Waals surface area (Å²) in [6, 6.07) is 2.64. The lowest BCUT2D eigenvalue weighted by atomic mass is 10.2. The highest BCUT2D eigenvalue weighted by atomic mass is 19.4. The number of pyridine rings is 1. The summed E-state index contributed by atoms with van der Waals surface area (Å²) < 4.78 is 35.9. The van der Waals surface area contributed by atoms with Crippen LogP contribution in [0.4, 0.5) is 13.2 Å². The van der Waals surface area contributed by atoms with Crippen LogP contribution in [0.25, 0.3) is 0 Å². The van der Waals surface area contributed by atoms with Crippen molar-refractivity contribution in [1.82, 2.24) is 10.3 Å². The highest BCUT2D eigenvalue weighted by Gasteiger charge is 2.38. The number of aryl methyl sites for hydroxylation is 1. The molecule has 0 bridgehead atoms. The van der Waals surface area contributed by atoms with Gasteiger partial charge in [0.2, 0.25) is 0 Å². The van der Waals surface area contributed by atoms with Gasteiger partial charge >= 0.3 is 6.18 Å². The van der Waals surface area contributed by atoms with Crippen molar-refractivity contribution in [2.75, 3.05) is 6.54 Å². The number of aliphatic hydroxyl groups is 1. The van der Waals surface area contributed by atoms with Crippen LogP contribution in [0.3, 0.4) is 0 Å². The van der Waals surface area contributed by atoms with E-state index in [-0.39, 0.29) is 5.56 Å². The molecule has 0 aromatic carbocycles. The molecule has 0 aliphatic carbocycles. The van der Waals surface area contributed by atoms with Crippen molar-refractivity contribution in [2.24, 2.45) is 0 Å². The zero-order chi connectivity index (χ0) is 13.9. The minimum Gasteiger partial charge on any atom is -0.382 e. The van der Waals surface area contributed by atoms with E-state index in [0.717, 1.165) is 0 Å². The van der Waals surface area contributed by atoms with E-state index in [0.29, 0.717) is 5.69 Å². The molecule has 0 aliphatic rings. The number of aromatic nitrogens is 1. The van der Waals surface area contributed by atoms with Crippen LogP contribution in [0.1, 0.15) is 16.1 Å². The Bertz CT molecular complexity index is 496. The fourth-order valence-corrected chi connectivity index (χ4v) is 1.15. The van der Waals surface area contributed by atoms with Crippen molar-refractivity contribution in [3.8, 4) is 0 Å². The fourth-order valence-electron chi connectivity index (χ4n) is 1.15. The first-order valence-corrected chi connectivity index (χ1v) is 4.94. The van der Waals surface area contributed by atoms with Crippen LogP contribution >= 0.6 is 0 Å². The van der Waals surface area contributed by atoms with Crippen LogP contribution in [-0.2, 0) is 0 Å². The zero-order valence-corrected chi connectivity index (χ0v) is 9.34. The second kappa shape index (κ2) is 5.21. The Morgan fingerprint density at radius 2 is 2.11 bits per heavy atom. The van der Waals surface area contributed by atoms with Crippen molar-refractivity contribution in [3.63, 3.8) is 0 Å². The number of nitrogens with one attached hydrogen (secondary N) is 2. The quantitative estimate of drug-likeness (QED) is 0.736. The number of hydrogen-bond donors (Lipinski definition) is 3. The molecule has 0 radical (unpaired) electrons. The number of amides is 1. The molecular formula is C10H11F3N2O3. The molecule has 5 nitrogen and oxygen atoms in total. The Kier molecular flexibility index (Phi) is 4.12. The molecule has 0 saturated carbocycles. The Morgan fingerprint density at radius 1 is 1.50 bits per heavy atom. The van der Waals surface area contributed by atoms with Gasteiger partial charge in [-0.2, -0.15) is 13.2 Å². The Morgan fingerprint density at radius 3 is 2.61 bits per heavy atom. The average Bonchev–Trinajstić information content (AvgIpc) is 2.24. The largest absolute Gasteiger partial charge is 0.416 e. The molecule has 0 spiro atoms. The smallest absolute Gasteiger partial charge is 0.382 e. The average molecular weight is 264 g/mol. The van der Waals surface area contributed by atoms with E-state index in [1.165, 1.54) is 12.1 Å². The van der Waals surface area contributed by atoms with Gasteiger partial charge in [0.1, 0.15) is 5.56 Å². The molecule has 0 aliphatic heterocycles. The SMILES string of the molecule is Cc1ccc(C(=O)NCC(O)C(F)(F)F)c(=O)[nH]1. The molecule has 1 atom stereocenters. The summed E-state index contributed by atoms with van der Waals surface area (Å²) in [6.45, 7) is 0.589. The van der Waals surface area contributed by atoms with Crippen molar-refractivity contribution in [1.29, 1.82) is 0 Å². The summed E-state index contributed by atoms with van der Waals surface area (Å²) in [4.78, 5) is 25.1. The van der Waals surface area contributed by atoms with E-state index in [1.807, 2.05) is 5.32 Å². The van der Waals surface area contributed by atoms with Crippen LogP contribution < -0.4 is 10.9 Å². The van der Waals surface area contributed by atoms with E-state index >= 15 is 0 Å². The molecular weight excluding hydrogens is 253 g/mol. The maximum absolute atomic E-state index is 12.0. The number of carbonyl (C=O) groups excluding carboxylic acids is 1. The molecule has 18 heavy (non-hydrogen) atoms. The highest BCUT2D eigenvalue weighted by Crippen LogP contribution is 2.19. The van der Waals surface area contributed by atoms with Crippen LogP contribution in [0.2, 0.25) is 0 Å². The molecule has 1 amide bonds. The van der Waals surface area contributed by atoms with Crippen LogP contribution in [0.15, 0.2) is 16.9 Å². The molecule has 0 saturated heterocycles. The number of halogens is 3. The summed E-state index contributed by atoms with van der Waals surface area (Å²) in [5.74, 6) is -0.973. The molecule has 0 fully saturated rings. The predicted molar refractivity (Wildman–Crippen MR) is 56.2 cm³/mol. The minimum atomic E-state index is -4.81. The predicted octanol–water partition coefficient (Wildman–Crippen LogP) is 0.336. The normalized spacial score (nSPS) is 13.2. The lowest BCUT2D eigenvalue weighted by Crippen LogP contribution is -2.41. The Labute approximate surface area is 99.6 Å². The molecule has 1 unspecified atom stereocenters. The van der Waals surface area contributed by atoms with Gasteiger partial charge < -0.3 is 15.4 Å². The summed E-state index contributed by atoms with van der Waals surface area (Å²) in [7, 11) is 0. The van der Waals surface area contributed by atoms with Gasteiger partial charge in [0.15, 0.2) is 6.10 Å². The van der Waals surface area contributed by atoms with E-state index in [2.05, 4.69) is 4.98 Å². The number of carbonyl (C=O) groups is 1. The lowest BCUT2D eigenvalue weighted by Gasteiger charge is -2.14. The van der Waals surface area contributed by atoms with Crippen molar-refractivity contribution in [3.05, 3.63) is 33.7 Å². The van der Waals surface area contributed by atoms with Crippen molar-refractivity contribution in [2.45, 2.75) is 19.2 Å². The second-order valence-corrected chi connectivity index (χ2v) is 3.65. The molecule has 8 heteroatoms. The van der Waals surface area contributed by atoms with Crippen LogP contribution in [-0.4, -0.2) is 34.8 Å². The summed E-state index contributed by atoms with van der Waals surface area (Å²) in [5.41, 5.74) is -0.490. The number of hydrogen-bond acceptors (Lipinski definition) is 3. The van der Waals surface area contributed by atoms with Gasteiger partial charge in [-0.3, -0.25) is 9.59 Å². The molecule has 1 aromatic heterocycles. The topological polar surface area (TPSA) is 82.2 Å². The highest BCUT2D eigenvalue weighted by molar-refractivity contribution is 5.93. The third kappa shape index (κ3) is 3.59. The number of H-pyrrole nitrogens is 1. The number of aromatic amines is 1. The fraction of sp³-hybridized carbons (Fsp3) is 0.400. The first-order valence-electron chi connectivity index (χ1n) is 4.94. The van der Waals surface area contributed by atoms with Crippen molar-refractivity contribution < 1.29 is 23.1 Å². The van der Waals surface area contributed by atoms with Gasteiger partial charge in [-0.05, 0) is 19.1 Å². The van der Waals surface area contributed by atoms with Gasteiger partial charge in [0.25, 0.3) is 11.5 Å². The molecule has 100 valence electrons. The monoisotopic (exact) mass is 264 g/mol. The summed E-state index contributed by atoms with van der Waals surface area (Å²) in [6.07, 6.45) is -7.47. The number of rotatable bonds is 3. The first kappa shape index (κ1) is 14.2.